The van der Waals surface area contributed by atoms with Gasteiger partial charge in [0.15, 0.2) is 10.5 Å². The summed E-state index contributed by atoms with van der Waals surface area (Å²) in [5.74, 6) is 0. The van der Waals surface area contributed by atoms with Gasteiger partial charge in [0.2, 0.25) is 0 Å². The second kappa shape index (κ2) is 10.6. The van der Waals surface area contributed by atoms with Crippen LogP contribution in [0.4, 0.5) is 9.59 Å². The number of hydrogen-bond acceptors (Lipinski definition) is 2. The first-order valence-electron chi connectivity index (χ1n) is 15.6. The van der Waals surface area contributed by atoms with E-state index in [0.717, 1.165) is 32.9 Å². The minimum atomic E-state index is -1.57. The molecule has 3 rings (SSSR count). The summed E-state index contributed by atoms with van der Waals surface area (Å²) < 4.78 is 0. The van der Waals surface area contributed by atoms with Gasteiger partial charge in [-0.05, 0) is 76.5 Å². The van der Waals surface area contributed by atoms with Crippen molar-refractivity contribution >= 4 is 37.0 Å². The Hall–Kier alpha value is -1.36. The van der Waals surface area contributed by atoms with Crippen LogP contribution in [-0.2, 0) is 32.5 Å². The predicted octanol–water partition coefficient (Wildman–Crippen LogP) is 11.6. The standard InChI is InChI=1S/C38H58O2P2/c1-33(2,3)23-19-25(35(7,8)9)29(26(20-23)36(10,11)12)41-31(39)42(32(41)40)30-27(37(13,14)15)21-24(34(4,5)6)22-28(30)38(16,17)18/h19-22H,1-18H3. The molecule has 232 valence electrons. The van der Waals surface area contributed by atoms with Crippen LogP contribution < -0.4 is 10.6 Å². The molecule has 1 heterocycles. The zero-order chi connectivity index (χ0) is 32.8. The molecule has 0 bridgehead atoms. The van der Waals surface area contributed by atoms with Crippen LogP contribution in [0.15, 0.2) is 24.3 Å². The zero-order valence-electron chi connectivity index (χ0n) is 30.0. The van der Waals surface area contributed by atoms with Gasteiger partial charge >= 0.3 is 0 Å². The van der Waals surface area contributed by atoms with Gasteiger partial charge in [0.1, 0.15) is 0 Å². The Morgan fingerprint density at radius 1 is 0.357 bits per heavy atom. The predicted molar refractivity (Wildman–Crippen MR) is 189 cm³/mol. The molecule has 2 aromatic carbocycles. The van der Waals surface area contributed by atoms with Gasteiger partial charge in [-0.3, -0.25) is 9.59 Å². The summed E-state index contributed by atoms with van der Waals surface area (Å²) in [5, 5.41) is 2.44. The minimum Gasteiger partial charge on any atom is -0.288 e. The average Bonchev–Trinajstić information content (AvgIpc) is 2.74. The molecule has 1 fully saturated rings. The lowest BCUT2D eigenvalue weighted by atomic mass is 9.75. The fraction of sp³-hybridized carbons (Fsp3) is 0.632. The Kier molecular flexibility index (Phi) is 8.88. The van der Waals surface area contributed by atoms with Crippen molar-refractivity contribution in [2.24, 2.45) is 0 Å². The average molecular weight is 609 g/mol. The van der Waals surface area contributed by atoms with E-state index in [-0.39, 0.29) is 43.0 Å². The van der Waals surface area contributed by atoms with Crippen LogP contribution in [0.25, 0.3) is 0 Å². The molecule has 0 radical (unpaired) electrons. The second-order valence-electron chi connectivity index (χ2n) is 18.6. The first-order chi connectivity index (χ1) is 18.5. The van der Waals surface area contributed by atoms with Crippen molar-refractivity contribution in [2.75, 3.05) is 0 Å². The van der Waals surface area contributed by atoms with Gasteiger partial charge in [0, 0.05) is 0 Å². The van der Waals surface area contributed by atoms with E-state index >= 15 is 0 Å². The molecule has 0 unspecified atom stereocenters. The lowest BCUT2D eigenvalue weighted by Crippen LogP contribution is -2.40. The normalized spacial score (nSPS) is 19.3. The Labute approximate surface area is 260 Å². The van der Waals surface area contributed by atoms with Crippen molar-refractivity contribution in [1.82, 2.24) is 0 Å². The van der Waals surface area contributed by atoms with E-state index < -0.39 is 15.8 Å². The molecule has 0 atom stereocenters. The molecule has 1 aliphatic rings. The molecule has 2 nitrogen and oxygen atoms in total. The maximum atomic E-state index is 14.7. The molecule has 0 aliphatic carbocycles. The largest absolute Gasteiger partial charge is 0.288 e. The van der Waals surface area contributed by atoms with Crippen molar-refractivity contribution in [2.45, 2.75) is 157 Å². The molecule has 42 heavy (non-hydrogen) atoms. The van der Waals surface area contributed by atoms with Crippen LogP contribution >= 0.6 is 15.8 Å². The molecule has 1 saturated heterocycles. The van der Waals surface area contributed by atoms with E-state index in [1.165, 1.54) is 11.1 Å². The van der Waals surface area contributed by atoms with Crippen LogP contribution in [0.2, 0.25) is 0 Å². The zero-order valence-corrected chi connectivity index (χ0v) is 31.8. The quantitative estimate of drug-likeness (QED) is 0.318. The lowest BCUT2D eigenvalue weighted by molar-refractivity contribution is 0.268. The number of benzene rings is 2. The van der Waals surface area contributed by atoms with Crippen LogP contribution in [0, 0.1) is 0 Å². The molecule has 0 aromatic heterocycles. The van der Waals surface area contributed by atoms with E-state index in [2.05, 4.69) is 149 Å². The Morgan fingerprint density at radius 3 is 0.690 bits per heavy atom. The number of carbonyl (C=O) groups is 2. The van der Waals surface area contributed by atoms with E-state index in [0.29, 0.717) is 0 Å². The van der Waals surface area contributed by atoms with Gasteiger partial charge in [-0.25, -0.2) is 0 Å². The van der Waals surface area contributed by atoms with Crippen LogP contribution in [0.3, 0.4) is 0 Å². The SMILES string of the molecule is CC(C)(C)c1cc(C(C)(C)C)c(P2C(=O)P(c3c(C(C)(C)C)cc(C(C)(C)C)cc3C(C)(C)C)C2=O)c(C(C)(C)C)c1. The molecule has 0 N–H and O–H groups in total. The maximum absolute atomic E-state index is 14.7. The summed E-state index contributed by atoms with van der Waals surface area (Å²) in [6, 6.07) is 9.20. The first kappa shape index (κ1) is 35.1. The Bertz CT molecular complexity index is 1210. The highest BCUT2D eigenvalue weighted by Crippen LogP contribution is 2.73. The van der Waals surface area contributed by atoms with Crippen LogP contribution in [0.5, 0.6) is 0 Å². The third-order valence-corrected chi connectivity index (χ3v) is 14.2. The second-order valence-corrected chi connectivity index (χ2v) is 23.1. The molecule has 4 heteroatoms. The van der Waals surface area contributed by atoms with Gasteiger partial charge in [0.05, 0.1) is 15.8 Å². The van der Waals surface area contributed by atoms with Gasteiger partial charge in [0.25, 0.3) is 0 Å². The lowest BCUT2D eigenvalue weighted by Gasteiger charge is -2.43. The molecule has 0 amide bonds. The fourth-order valence-electron chi connectivity index (χ4n) is 5.61. The summed E-state index contributed by atoms with van der Waals surface area (Å²) in [4.78, 5) is 29.4. The number of carbonyl (C=O) groups excluding carboxylic acids is 2. The molecule has 2 aromatic rings. The molecular weight excluding hydrogens is 550 g/mol. The van der Waals surface area contributed by atoms with Gasteiger partial charge in [-0.2, -0.15) is 0 Å². The monoisotopic (exact) mass is 608 g/mol. The number of rotatable bonds is 2. The van der Waals surface area contributed by atoms with Crippen LogP contribution in [-0.4, -0.2) is 10.5 Å². The van der Waals surface area contributed by atoms with E-state index in [1.807, 2.05) is 0 Å². The molecule has 0 spiro atoms. The highest BCUT2D eigenvalue weighted by atomic mass is 31.2. The third kappa shape index (κ3) is 6.66. The Morgan fingerprint density at radius 2 is 0.548 bits per heavy atom. The highest BCUT2D eigenvalue weighted by molar-refractivity contribution is 8.38. The van der Waals surface area contributed by atoms with Crippen molar-refractivity contribution in [3.63, 3.8) is 0 Å². The van der Waals surface area contributed by atoms with E-state index in [9.17, 15) is 9.59 Å². The molecular formula is C38H58O2P2. The Balaban J connectivity index is 2.39. The maximum Gasteiger partial charge on any atom is 0.200 e. The fourth-order valence-corrected chi connectivity index (χ4v) is 12.5. The van der Waals surface area contributed by atoms with Crippen molar-refractivity contribution in [3.05, 3.63) is 57.6 Å². The third-order valence-electron chi connectivity index (χ3n) is 8.40. The summed E-state index contributed by atoms with van der Waals surface area (Å²) in [6.45, 7) is 40.1. The summed E-state index contributed by atoms with van der Waals surface area (Å²) in [5.41, 5.74) is 6.33. The molecule has 1 aliphatic heterocycles. The smallest absolute Gasteiger partial charge is 0.200 e. The van der Waals surface area contributed by atoms with Gasteiger partial charge < -0.3 is 0 Å². The summed E-state index contributed by atoms with van der Waals surface area (Å²) in [6.07, 6.45) is 0. The summed E-state index contributed by atoms with van der Waals surface area (Å²) >= 11 is 0. The minimum absolute atomic E-state index is 0.0376. The van der Waals surface area contributed by atoms with Crippen molar-refractivity contribution in [3.8, 4) is 0 Å². The molecule has 0 saturated carbocycles. The van der Waals surface area contributed by atoms with E-state index in [4.69, 9.17) is 0 Å². The number of hydrogen-bond donors (Lipinski definition) is 0. The topological polar surface area (TPSA) is 34.1 Å². The van der Waals surface area contributed by atoms with Crippen molar-refractivity contribution < 1.29 is 9.59 Å². The highest BCUT2D eigenvalue weighted by Gasteiger charge is 2.55. The van der Waals surface area contributed by atoms with Gasteiger partial charge in [-0.15, -0.1) is 0 Å². The van der Waals surface area contributed by atoms with E-state index in [1.54, 1.807) is 0 Å². The van der Waals surface area contributed by atoms with Crippen LogP contribution in [0.1, 0.15) is 158 Å². The van der Waals surface area contributed by atoms with Gasteiger partial charge in [-0.1, -0.05) is 149 Å². The van der Waals surface area contributed by atoms with Crippen molar-refractivity contribution in [1.29, 1.82) is 0 Å². The summed E-state index contributed by atoms with van der Waals surface area (Å²) in [7, 11) is -3.14. The first-order valence-corrected chi connectivity index (χ1v) is 18.2.